The Hall–Kier alpha value is -8.32. The highest BCUT2D eigenvalue weighted by Gasteiger charge is 2.20. The molecule has 34 heteroatoms. The molecule has 1 aromatic heterocycles. The number of aryl methyl sites for hydroxylation is 2. The van der Waals surface area contributed by atoms with Crippen molar-refractivity contribution in [2.45, 2.75) is 33.4 Å². The number of aromatic nitrogens is 3. The second-order valence-corrected chi connectivity index (χ2v) is 22.9. The first-order valence-corrected chi connectivity index (χ1v) is 28.7. The van der Waals surface area contributed by atoms with Crippen molar-refractivity contribution in [1.82, 2.24) is 15.0 Å². The molecule has 7 rings (SSSR count). The molecule has 8 N–H and O–H groups in total. The molecule has 0 aliphatic rings. The van der Waals surface area contributed by atoms with E-state index in [1.54, 1.807) is 32.0 Å². The van der Waals surface area contributed by atoms with Gasteiger partial charge in [0, 0.05) is 17.9 Å². The molecular formula is C43H38N14O15S5. The Labute approximate surface area is 437 Å². The number of hydrogen-bond acceptors (Lipinski definition) is 24. The molecule has 0 radical (unpaired) electrons. The third kappa shape index (κ3) is 15.9. The molecular weight excluding hydrogens is 1110 g/mol. The number of rotatable bonds is 20. The number of benzene rings is 6. The summed E-state index contributed by atoms with van der Waals surface area (Å²) >= 11 is 0. The van der Waals surface area contributed by atoms with Gasteiger partial charge in [0.25, 0.3) is 50.6 Å². The summed E-state index contributed by atoms with van der Waals surface area (Å²) in [4.78, 5) is 10.6. The van der Waals surface area contributed by atoms with E-state index in [0.29, 0.717) is 22.5 Å². The van der Waals surface area contributed by atoms with E-state index >= 15 is 0 Å². The van der Waals surface area contributed by atoms with Crippen molar-refractivity contribution in [2.75, 3.05) is 28.2 Å². The number of anilines is 5. The second-order valence-electron chi connectivity index (χ2n) is 15.7. The molecule has 0 amide bonds. The molecule has 29 nitrogen and oxygen atoms in total. The summed E-state index contributed by atoms with van der Waals surface area (Å²) in [5, 5.41) is 40.4. The number of azo groups is 4. The van der Waals surface area contributed by atoms with Gasteiger partial charge in [-0.1, -0.05) is 18.2 Å². The van der Waals surface area contributed by atoms with Crippen LogP contribution in [0.1, 0.15) is 11.1 Å². The van der Waals surface area contributed by atoms with Gasteiger partial charge >= 0.3 is 0 Å². The lowest BCUT2D eigenvalue weighted by atomic mass is 10.2. The third-order valence-corrected chi connectivity index (χ3v) is 14.2. The molecule has 0 bridgehead atoms. The van der Waals surface area contributed by atoms with Gasteiger partial charge in [-0.05, 0) is 128 Å². The van der Waals surface area contributed by atoms with E-state index in [1.165, 1.54) is 72.8 Å². The minimum atomic E-state index is -4.92. The molecule has 0 aliphatic heterocycles. The Morgan fingerprint density at radius 1 is 0.403 bits per heavy atom. The highest BCUT2D eigenvalue weighted by atomic mass is 32.2. The highest BCUT2D eigenvalue weighted by molar-refractivity contribution is 7.87. The molecule has 0 fully saturated rings. The molecule has 400 valence electrons. The maximum atomic E-state index is 12.4. The summed E-state index contributed by atoms with van der Waals surface area (Å²) in [6.45, 7) is 2.98. The van der Waals surface area contributed by atoms with Crippen molar-refractivity contribution in [3.63, 3.8) is 0 Å². The molecule has 0 atom stereocenters. The topological polar surface area (TPSA) is 445 Å². The summed E-state index contributed by atoms with van der Waals surface area (Å²) in [7, 11) is -23.4. The SMILES string of the molecule is Cc1cc(Nc2nc(NCCS(=O)(=O)O)nc(Nc3ccc(N=Nc4ccc(N=Nc5ccccc5S(=O)(=O)O)cc4S(=O)(=O)O)c(C)c3)n2)ccc1N=Nc1ccc(N=Nc2cccc(S(=O)(=O)O)c2)cc1S(=O)(=O)O. The van der Waals surface area contributed by atoms with Gasteiger partial charge in [0.1, 0.15) is 31.7 Å². The van der Waals surface area contributed by atoms with Crippen molar-refractivity contribution in [2.24, 2.45) is 40.9 Å². The summed E-state index contributed by atoms with van der Waals surface area (Å²) in [6.07, 6.45) is 0. The fourth-order valence-corrected chi connectivity index (χ4v) is 9.21. The van der Waals surface area contributed by atoms with E-state index in [4.69, 9.17) is 0 Å². The highest BCUT2D eigenvalue weighted by Crippen LogP contribution is 2.35. The van der Waals surface area contributed by atoms with Crippen LogP contribution in [0.4, 0.5) is 74.7 Å². The van der Waals surface area contributed by atoms with Gasteiger partial charge in [-0.25, -0.2) is 0 Å². The lowest BCUT2D eigenvalue weighted by molar-refractivity contribution is 0.481. The molecule has 0 aliphatic carbocycles. The first kappa shape index (κ1) is 56.4. The Morgan fingerprint density at radius 2 is 0.818 bits per heavy atom. The van der Waals surface area contributed by atoms with Crippen LogP contribution in [-0.4, -0.2) is 92.1 Å². The molecule has 6 aromatic carbocycles. The van der Waals surface area contributed by atoms with Crippen LogP contribution in [0.25, 0.3) is 0 Å². The number of hydrogen-bond donors (Lipinski definition) is 8. The average Bonchev–Trinajstić information content (AvgIpc) is 3.33. The van der Waals surface area contributed by atoms with Crippen molar-refractivity contribution >= 4 is 125 Å². The first-order valence-electron chi connectivity index (χ1n) is 21.3. The van der Waals surface area contributed by atoms with Crippen LogP contribution in [-0.2, 0) is 50.6 Å². The lowest BCUT2D eigenvalue weighted by Gasteiger charge is -2.12. The molecule has 0 saturated heterocycles. The Bertz CT molecular complexity index is 4170. The van der Waals surface area contributed by atoms with Crippen LogP contribution in [0, 0.1) is 13.8 Å². The van der Waals surface area contributed by atoms with Crippen LogP contribution >= 0.6 is 0 Å². The van der Waals surface area contributed by atoms with E-state index in [9.17, 15) is 64.9 Å². The normalized spacial score (nSPS) is 12.8. The van der Waals surface area contributed by atoms with Crippen LogP contribution < -0.4 is 16.0 Å². The minimum absolute atomic E-state index is 0.00916. The summed E-state index contributed by atoms with van der Waals surface area (Å²) in [6, 6.07) is 26.1. The molecule has 77 heavy (non-hydrogen) atoms. The van der Waals surface area contributed by atoms with Crippen LogP contribution in [0.3, 0.4) is 0 Å². The van der Waals surface area contributed by atoms with Gasteiger partial charge in [-0.3, -0.25) is 22.8 Å². The number of nitrogens with one attached hydrogen (secondary N) is 3. The zero-order valence-electron chi connectivity index (χ0n) is 39.2. The van der Waals surface area contributed by atoms with Crippen molar-refractivity contribution in [3.8, 4) is 0 Å². The van der Waals surface area contributed by atoms with Crippen molar-refractivity contribution < 1.29 is 64.9 Å². The predicted molar refractivity (Wildman–Crippen MR) is 275 cm³/mol. The first-order chi connectivity index (χ1) is 36.1. The van der Waals surface area contributed by atoms with Gasteiger partial charge in [-0.15, -0.1) is 15.3 Å². The standard InChI is InChI=1S/C43H38N14O15S5/c1-25-20-27(10-14-33(25)53-56-36-16-12-30(23-39(36)76(67,68)69)51-50-29-6-5-7-32(22-29)74(61,62)63)45-42-47-41(44-18-19-73(58,59)60)48-43(49-42)46-28-11-15-34(26(2)21-28)54-57-37-17-13-31(24-40(37)77(70,71)72)52-55-35-8-3-4-9-38(35)75(64,65)66/h3-17,20-24H,18-19H2,1-2H3,(H,58,59,60)(H,61,62,63)(H,64,65,66)(H,67,68,69)(H,70,71,72)(H3,44,45,46,47,48,49). The summed E-state index contributed by atoms with van der Waals surface area (Å²) in [5.74, 6) is -0.962. The fourth-order valence-electron chi connectivity index (χ4n) is 6.42. The van der Waals surface area contributed by atoms with Crippen LogP contribution in [0.5, 0.6) is 0 Å². The van der Waals surface area contributed by atoms with Crippen molar-refractivity contribution in [3.05, 3.63) is 132 Å². The molecule has 0 spiro atoms. The van der Waals surface area contributed by atoms with E-state index in [1.807, 2.05) is 0 Å². The zero-order valence-corrected chi connectivity index (χ0v) is 43.3. The minimum Gasteiger partial charge on any atom is -0.353 e. The van der Waals surface area contributed by atoms with Gasteiger partial charge in [0.2, 0.25) is 17.8 Å². The smallest absolute Gasteiger partial charge is 0.296 e. The van der Waals surface area contributed by atoms with E-state index in [2.05, 4.69) is 71.8 Å². The molecule has 0 unspecified atom stereocenters. The van der Waals surface area contributed by atoms with Gasteiger partial charge in [0.15, 0.2) is 0 Å². The molecule has 0 saturated carbocycles. The van der Waals surface area contributed by atoms with Gasteiger partial charge < -0.3 is 16.0 Å². The largest absolute Gasteiger partial charge is 0.353 e. The van der Waals surface area contributed by atoms with Crippen LogP contribution in [0.2, 0.25) is 0 Å². The Balaban J connectivity index is 1.08. The van der Waals surface area contributed by atoms with E-state index in [-0.39, 0.29) is 69.9 Å². The summed E-state index contributed by atoms with van der Waals surface area (Å²) in [5.41, 5.74) is 1.24. The third-order valence-electron chi connectivity index (χ3n) is 9.97. The van der Waals surface area contributed by atoms with Gasteiger partial charge in [-0.2, -0.15) is 82.6 Å². The van der Waals surface area contributed by atoms with Crippen LogP contribution in [0.15, 0.2) is 182 Å². The monoisotopic (exact) mass is 1150 g/mol. The maximum absolute atomic E-state index is 12.4. The van der Waals surface area contributed by atoms with E-state index < -0.39 is 75.9 Å². The zero-order chi connectivity index (χ0) is 55.9. The fraction of sp³-hybridized carbons (Fsp3) is 0.0930. The second kappa shape index (κ2) is 22.9. The van der Waals surface area contributed by atoms with E-state index in [0.717, 1.165) is 30.3 Å². The lowest BCUT2D eigenvalue weighted by Crippen LogP contribution is -2.17. The summed E-state index contributed by atoms with van der Waals surface area (Å²) < 4.78 is 167. The van der Waals surface area contributed by atoms with Gasteiger partial charge in [0.05, 0.1) is 39.1 Å². The maximum Gasteiger partial charge on any atom is 0.296 e. The Kier molecular flexibility index (Phi) is 16.8. The number of nitrogens with zero attached hydrogens (tertiary/aromatic N) is 11. The average molecular weight is 1150 g/mol. The Morgan fingerprint density at radius 3 is 1.29 bits per heavy atom. The quantitative estimate of drug-likeness (QED) is 0.0260. The molecule has 1 heterocycles. The predicted octanol–water partition coefficient (Wildman–Crippen LogP) is 9.92. The molecule has 7 aromatic rings. The van der Waals surface area contributed by atoms with Crippen molar-refractivity contribution in [1.29, 1.82) is 0 Å².